The van der Waals surface area contributed by atoms with Gasteiger partial charge < -0.3 is 10.1 Å². The van der Waals surface area contributed by atoms with Gasteiger partial charge in [0.2, 0.25) is 10.0 Å². The van der Waals surface area contributed by atoms with Crippen molar-refractivity contribution in [1.82, 2.24) is 9.62 Å². The van der Waals surface area contributed by atoms with Gasteiger partial charge in [0.1, 0.15) is 0 Å². The number of nitrogens with one attached hydrogen (secondary N) is 1. The molecule has 0 saturated heterocycles. The summed E-state index contributed by atoms with van der Waals surface area (Å²) < 4.78 is 32.1. The second-order valence-corrected chi connectivity index (χ2v) is 7.18. The predicted octanol–water partition coefficient (Wildman–Crippen LogP) is 2.01. The summed E-state index contributed by atoms with van der Waals surface area (Å²) in [6.45, 7) is 6.46. The van der Waals surface area contributed by atoms with Gasteiger partial charge in [0.15, 0.2) is 0 Å². The van der Waals surface area contributed by atoms with Crippen molar-refractivity contribution >= 4 is 10.0 Å². The van der Waals surface area contributed by atoms with Crippen molar-refractivity contribution < 1.29 is 13.2 Å². The molecule has 0 fully saturated rings. The topological polar surface area (TPSA) is 58.6 Å². The molecule has 5 nitrogen and oxygen atoms in total. The zero-order valence-electron chi connectivity index (χ0n) is 13.5. The van der Waals surface area contributed by atoms with Crippen LogP contribution in [0.1, 0.15) is 32.4 Å². The summed E-state index contributed by atoms with van der Waals surface area (Å²) in [6.07, 6.45) is 0. The van der Waals surface area contributed by atoms with Gasteiger partial charge in [-0.3, -0.25) is 0 Å². The van der Waals surface area contributed by atoms with E-state index in [-0.39, 0.29) is 12.1 Å². The summed E-state index contributed by atoms with van der Waals surface area (Å²) in [5.41, 5.74) is 0.953. The lowest BCUT2D eigenvalue weighted by Crippen LogP contribution is -2.39. The third kappa shape index (κ3) is 4.51. The van der Waals surface area contributed by atoms with E-state index in [9.17, 15) is 8.42 Å². The molecule has 1 unspecified atom stereocenters. The second kappa shape index (κ2) is 7.89. The fraction of sp³-hybridized carbons (Fsp3) is 0.600. The summed E-state index contributed by atoms with van der Waals surface area (Å²) in [4.78, 5) is 0.326. The Kier molecular flexibility index (Phi) is 6.80. The Hall–Kier alpha value is -0.950. The van der Waals surface area contributed by atoms with E-state index in [1.54, 1.807) is 25.3 Å². The number of hydrogen-bond donors (Lipinski definition) is 1. The van der Waals surface area contributed by atoms with Crippen molar-refractivity contribution in [3.63, 3.8) is 0 Å². The molecule has 0 aliphatic rings. The minimum absolute atomic E-state index is 0.103. The van der Waals surface area contributed by atoms with E-state index in [2.05, 4.69) is 5.32 Å². The third-order valence-corrected chi connectivity index (χ3v) is 5.56. The fourth-order valence-corrected chi connectivity index (χ4v) is 3.76. The molecule has 0 aliphatic carbocycles. The van der Waals surface area contributed by atoms with Crippen LogP contribution in [0.15, 0.2) is 29.2 Å². The van der Waals surface area contributed by atoms with Crippen molar-refractivity contribution in [3.05, 3.63) is 29.8 Å². The highest BCUT2D eigenvalue weighted by Gasteiger charge is 2.27. The SMILES string of the molecule is CNC(C)c1cccc(S(=O)(=O)N(CCOC)C(C)C)c1. The Labute approximate surface area is 128 Å². The normalized spacial score (nSPS) is 13.9. The van der Waals surface area contributed by atoms with Gasteiger partial charge >= 0.3 is 0 Å². The molecule has 0 amide bonds. The fourth-order valence-electron chi connectivity index (χ4n) is 2.08. The Morgan fingerprint density at radius 1 is 1.29 bits per heavy atom. The number of ether oxygens (including phenoxy) is 1. The number of methoxy groups -OCH3 is 1. The van der Waals surface area contributed by atoms with Gasteiger partial charge in [-0.05, 0) is 45.5 Å². The van der Waals surface area contributed by atoms with Crippen LogP contribution in [0.3, 0.4) is 0 Å². The molecule has 0 saturated carbocycles. The molecular formula is C15H26N2O3S. The molecule has 1 N–H and O–H groups in total. The standard InChI is InChI=1S/C15H26N2O3S/c1-12(2)17(9-10-20-5)21(18,19)15-8-6-7-14(11-15)13(3)16-4/h6-8,11-13,16H,9-10H2,1-5H3. The van der Waals surface area contributed by atoms with Crippen molar-refractivity contribution in [3.8, 4) is 0 Å². The van der Waals surface area contributed by atoms with Gasteiger partial charge in [-0.25, -0.2) is 8.42 Å². The molecule has 1 aromatic carbocycles. The first-order valence-electron chi connectivity index (χ1n) is 7.12. The van der Waals surface area contributed by atoms with Crippen LogP contribution < -0.4 is 5.32 Å². The first kappa shape index (κ1) is 18.1. The van der Waals surface area contributed by atoms with E-state index in [4.69, 9.17) is 4.74 Å². The molecule has 6 heteroatoms. The van der Waals surface area contributed by atoms with Crippen LogP contribution in [0, 0.1) is 0 Å². The number of hydrogen-bond acceptors (Lipinski definition) is 4. The minimum atomic E-state index is -3.51. The Balaban J connectivity index is 3.15. The first-order chi connectivity index (χ1) is 9.84. The van der Waals surface area contributed by atoms with Crippen LogP contribution in [0.25, 0.3) is 0 Å². The summed E-state index contributed by atoms with van der Waals surface area (Å²) in [7, 11) is -0.0894. The number of benzene rings is 1. The van der Waals surface area contributed by atoms with Crippen LogP contribution in [0.4, 0.5) is 0 Å². The Bertz CT molecular complexity index is 544. The van der Waals surface area contributed by atoms with Crippen molar-refractivity contribution in [2.24, 2.45) is 0 Å². The molecule has 0 aliphatic heterocycles. The van der Waals surface area contributed by atoms with E-state index in [0.717, 1.165) is 5.56 Å². The molecule has 0 radical (unpaired) electrons. The quantitative estimate of drug-likeness (QED) is 0.797. The Morgan fingerprint density at radius 2 is 1.95 bits per heavy atom. The molecule has 0 bridgehead atoms. The lowest BCUT2D eigenvalue weighted by Gasteiger charge is -2.26. The maximum Gasteiger partial charge on any atom is 0.243 e. The molecule has 1 atom stereocenters. The van der Waals surface area contributed by atoms with E-state index in [1.165, 1.54) is 4.31 Å². The maximum atomic E-state index is 12.8. The molecule has 0 heterocycles. The van der Waals surface area contributed by atoms with Gasteiger partial charge in [0.25, 0.3) is 0 Å². The van der Waals surface area contributed by atoms with Crippen LogP contribution >= 0.6 is 0 Å². The largest absolute Gasteiger partial charge is 0.383 e. The molecule has 0 aromatic heterocycles. The van der Waals surface area contributed by atoms with Crippen LogP contribution in [-0.2, 0) is 14.8 Å². The minimum Gasteiger partial charge on any atom is -0.383 e. The Morgan fingerprint density at radius 3 is 2.48 bits per heavy atom. The van der Waals surface area contributed by atoms with Crippen molar-refractivity contribution in [1.29, 1.82) is 0 Å². The highest BCUT2D eigenvalue weighted by Crippen LogP contribution is 2.22. The van der Waals surface area contributed by atoms with Crippen molar-refractivity contribution in [2.75, 3.05) is 27.3 Å². The lowest BCUT2D eigenvalue weighted by atomic mass is 10.1. The van der Waals surface area contributed by atoms with Crippen LogP contribution in [-0.4, -0.2) is 46.1 Å². The number of rotatable bonds is 8. The van der Waals surface area contributed by atoms with Crippen LogP contribution in [0.2, 0.25) is 0 Å². The maximum absolute atomic E-state index is 12.8. The monoisotopic (exact) mass is 314 g/mol. The average molecular weight is 314 g/mol. The third-order valence-electron chi connectivity index (χ3n) is 3.49. The second-order valence-electron chi connectivity index (χ2n) is 5.29. The summed E-state index contributed by atoms with van der Waals surface area (Å²) in [6, 6.07) is 7.07. The van der Waals surface area contributed by atoms with E-state index >= 15 is 0 Å². The van der Waals surface area contributed by atoms with Crippen LogP contribution in [0.5, 0.6) is 0 Å². The van der Waals surface area contributed by atoms with Gasteiger partial charge in [-0.2, -0.15) is 4.31 Å². The first-order valence-corrected chi connectivity index (χ1v) is 8.56. The molecule has 1 aromatic rings. The van der Waals surface area contributed by atoms with Gasteiger partial charge in [-0.15, -0.1) is 0 Å². The molecule has 0 spiro atoms. The van der Waals surface area contributed by atoms with Crippen molar-refractivity contribution in [2.45, 2.75) is 37.8 Å². The van der Waals surface area contributed by atoms with E-state index < -0.39 is 10.0 Å². The van der Waals surface area contributed by atoms with E-state index in [1.807, 2.05) is 33.9 Å². The van der Waals surface area contributed by atoms with E-state index in [0.29, 0.717) is 18.0 Å². The zero-order valence-corrected chi connectivity index (χ0v) is 14.3. The smallest absolute Gasteiger partial charge is 0.243 e. The van der Waals surface area contributed by atoms with Gasteiger partial charge in [0, 0.05) is 25.7 Å². The highest BCUT2D eigenvalue weighted by atomic mass is 32.2. The highest BCUT2D eigenvalue weighted by molar-refractivity contribution is 7.89. The zero-order chi connectivity index (χ0) is 16.0. The number of nitrogens with zero attached hydrogens (tertiary/aromatic N) is 1. The predicted molar refractivity (Wildman–Crippen MR) is 84.8 cm³/mol. The molecule has 1 rings (SSSR count). The number of sulfonamides is 1. The molecule has 120 valence electrons. The summed E-state index contributed by atoms with van der Waals surface area (Å²) in [5.74, 6) is 0. The van der Waals surface area contributed by atoms with Gasteiger partial charge in [0.05, 0.1) is 11.5 Å². The lowest BCUT2D eigenvalue weighted by molar-refractivity contribution is 0.171. The molecule has 21 heavy (non-hydrogen) atoms. The summed E-state index contributed by atoms with van der Waals surface area (Å²) in [5, 5.41) is 3.12. The average Bonchev–Trinajstić information content (AvgIpc) is 2.46. The van der Waals surface area contributed by atoms with Gasteiger partial charge in [-0.1, -0.05) is 12.1 Å². The molecular weight excluding hydrogens is 288 g/mol. The summed E-state index contributed by atoms with van der Waals surface area (Å²) >= 11 is 0.